The van der Waals surface area contributed by atoms with Gasteiger partial charge < -0.3 is 15.2 Å². The van der Waals surface area contributed by atoms with E-state index in [-0.39, 0.29) is 6.79 Å². The molecule has 0 amide bonds. The summed E-state index contributed by atoms with van der Waals surface area (Å²) in [6.45, 7) is 2.07. The van der Waals surface area contributed by atoms with Crippen LogP contribution in [-0.4, -0.2) is 18.6 Å². The highest BCUT2D eigenvalue weighted by molar-refractivity contribution is 9.10. The van der Waals surface area contributed by atoms with Crippen molar-refractivity contribution in [2.24, 2.45) is 0 Å². The third-order valence-electron chi connectivity index (χ3n) is 1.63. The Morgan fingerprint density at radius 1 is 1.54 bits per heavy atom. The van der Waals surface area contributed by atoms with Crippen LogP contribution in [0.2, 0.25) is 0 Å². The third kappa shape index (κ3) is 3.34. The molecule has 0 aliphatic carbocycles. The number of hydrogen-bond donors (Lipinski definition) is 2. The van der Waals surface area contributed by atoms with Crippen LogP contribution < -0.4 is 5.32 Å². The molecule has 1 aromatic carbocycles. The van der Waals surface area contributed by atoms with Gasteiger partial charge in [-0.15, -0.1) is 0 Å². The SMILES string of the molecule is Cc1cc(NCOCO)ccc1Br. The second-order valence-electron chi connectivity index (χ2n) is 2.62. The van der Waals surface area contributed by atoms with E-state index in [0.717, 1.165) is 15.7 Å². The molecule has 4 heteroatoms. The lowest BCUT2D eigenvalue weighted by molar-refractivity contribution is 0.00794. The summed E-state index contributed by atoms with van der Waals surface area (Å²) < 4.78 is 5.82. The molecular weight excluding hydrogens is 234 g/mol. The minimum absolute atomic E-state index is 0.261. The van der Waals surface area contributed by atoms with Gasteiger partial charge in [-0.25, -0.2) is 0 Å². The van der Waals surface area contributed by atoms with Crippen LogP contribution in [0.4, 0.5) is 5.69 Å². The zero-order valence-electron chi connectivity index (χ0n) is 7.38. The molecule has 72 valence electrons. The second-order valence-corrected chi connectivity index (χ2v) is 3.47. The molecule has 0 atom stereocenters. The van der Waals surface area contributed by atoms with Gasteiger partial charge in [-0.2, -0.15) is 0 Å². The average molecular weight is 246 g/mol. The van der Waals surface area contributed by atoms with Gasteiger partial charge >= 0.3 is 0 Å². The van der Waals surface area contributed by atoms with Crippen LogP contribution in [0.25, 0.3) is 0 Å². The van der Waals surface area contributed by atoms with Gasteiger partial charge in [0, 0.05) is 10.2 Å². The zero-order valence-corrected chi connectivity index (χ0v) is 8.97. The van der Waals surface area contributed by atoms with Gasteiger partial charge in [0.25, 0.3) is 0 Å². The summed E-state index contributed by atoms with van der Waals surface area (Å²) in [5.74, 6) is 0. The average Bonchev–Trinajstić information content (AvgIpc) is 2.12. The van der Waals surface area contributed by atoms with E-state index in [1.165, 1.54) is 0 Å². The van der Waals surface area contributed by atoms with Gasteiger partial charge in [0.2, 0.25) is 0 Å². The summed E-state index contributed by atoms with van der Waals surface area (Å²) >= 11 is 3.41. The molecule has 1 rings (SSSR count). The number of aliphatic hydroxyl groups is 1. The first-order chi connectivity index (χ1) is 6.24. The summed E-state index contributed by atoms with van der Waals surface area (Å²) in [7, 11) is 0. The van der Waals surface area contributed by atoms with E-state index in [2.05, 4.69) is 21.2 Å². The Morgan fingerprint density at radius 2 is 2.31 bits per heavy atom. The highest BCUT2D eigenvalue weighted by Gasteiger charge is 1.95. The lowest BCUT2D eigenvalue weighted by atomic mass is 10.2. The highest BCUT2D eigenvalue weighted by atomic mass is 79.9. The Kier molecular flexibility index (Phi) is 4.21. The molecule has 0 heterocycles. The van der Waals surface area contributed by atoms with Crippen molar-refractivity contribution in [3.05, 3.63) is 28.2 Å². The van der Waals surface area contributed by atoms with E-state index in [0.29, 0.717) is 6.73 Å². The first-order valence-corrected chi connectivity index (χ1v) is 4.72. The fourth-order valence-corrected chi connectivity index (χ4v) is 1.18. The van der Waals surface area contributed by atoms with Gasteiger partial charge in [0.15, 0.2) is 0 Å². The largest absolute Gasteiger partial charge is 0.371 e. The van der Waals surface area contributed by atoms with Crippen molar-refractivity contribution in [3.8, 4) is 0 Å². The van der Waals surface area contributed by atoms with Gasteiger partial charge in [0.05, 0.1) is 0 Å². The van der Waals surface area contributed by atoms with Crippen LogP contribution in [-0.2, 0) is 4.74 Å². The number of benzene rings is 1. The molecular formula is C9H12BrNO2. The summed E-state index contributed by atoms with van der Waals surface area (Å²) in [6, 6.07) is 5.92. The monoisotopic (exact) mass is 245 g/mol. The number of rotatable bonds is 4. The van der Waals surface area contributed by atoms with Gasteiger partial charge in [0.1, 0.15) is 13.5 Å². The van der Waals surface area contributed by atoms with Crippen molar-refractivity contribution in [1.82, 2.24) is 0 Å². The Morgan fingerprint density at radius 3 is 2.92 bits per heavy atom. The fourth-order valence-electron chi connectivity index (χ4n) is 0.935. The highest BCUT2D eigenvalue weighted by Crippen LogP contribution is 2.19. The molecule has 13 heavy (non-hydrogen) atoms. The molecule has 1 aromatic rings. The third-order valence-corrected chi connectivity index (χ3v) is 2.52. The standard InChI is InChI=1S/C9H12BrNO2/c1-7-4-8(2-3-9(7)10)11-5-13-6-12/h2-4,11-12H,5-6H2,1H3. The van der Waals surface area contributed by atoms with E-state index in [1.807, 2.05) is 25.1 Å². The summed E-state index contributed by atoms with van der Waals surface area (Å²) in [6.07, 6.45) is 0. The maximum Gasteiger partial charge on any atom is 0.145 e. The molecule has 0 fully saturated rings. The minimum Gasteiger partial charge on any atom is -0.371 e. The quantitative estimate of drug-likeness (QED) is 0.631. The maximum atomic E-state index is 8.37. The molecule has 0 radical (unpaired) electrons. The van der Waals surface area contributed by atoms with Crippen LogP contribution in [0.3, 0.4) is 0 Å². The fraction of sp³-hybridized carbons (Fsp3) is 0.333. The topological polar surface area (TPSA) is 41.5 Å². The van der Waals surface area contributed by atoms with Crippen molar-refractivity contribution in [2.45, 2.75) is 6.92 Å². The van der Waals surface area contributed by atoms with E-state index in [9.17, 15) is 0 Å². The normalized spacial score (nSPS) is 10.1. The molecule has 3 nitrogen and oxygen atoms in total. The Balaban J connectivity index is 2.53. The number of hydrogen-bond acceptors (Lipinski definition) is 3. The van der Waals surface area contributed by atoms with Gasteiger partial charge in [-0.1, -0.05) is 15.9 Å². The first-order valence-electron chi connectivity index (χ1n) is 3.92. The van der Waals surface area contributed by atoms with Crippen molar-refractivity contribution in [1.29, 1.82) is 0 Å². The van der Waals surface area contributed by atoms with E-state index in [4.69, 9.17) is 9.84 Å². The zero-order chi connectivity index (χ0) is 9.68. The smallest absolute Gasteiger partial charge is 0.145 e. The van der Waals surface area contributed by atoms with E-state index in [1.54, 1.807) is 0 Å². The van der Waals surface area contributed by atoms with Crippen LogP contribution in [0.1, 0.15) is 5.56 Å². The molecule has 0 aliphatic rings. The minimum atomic E-state index is -0.261. The Hall–Kier alpha value is -0.580. The first kappa shape index (κ1) is 10.5. The summed E-state index contributed by atoms with van der Waals surface area (Å²) in [5.41, 5.74) is 2.14. The van der Waals surface area contributed by atoms with Crippen molar-refractivity contribution >= 4 is 21.6 Å². The number of aryl methyl sites for hydroxylation is 1. The van der Waals surface area contributed by atoms with Crippen molar-refractivity contribution in [3.63, 3.8) is 0 Å². The Labute approximate surface area is 85.9 Å². The molecule has 2 N–H and O–H groups in total. The number of aliphatic hydroxyl groups excluding tert-OH is 1. The Bertz CT molecular complexity index is 278. The van der Waals surface area contributed by atoms with Crippen LogP contribution >= 0.6 is 15.9 Å². The van der Waals surface area contributed by atoms with Crippen LogP contribution in [0.5, 0.6) is 0 Å². The molecule has 0 aliphatic heterocycles. The molecule has 0 unspecified atom stereocenters. The predicted molar refractivity (Wildman–Crippen MR) is 55.5 cm³/mol. The molecule has 0 saturated heterocycles. The lowest BCUT2D eigenvalue weighted by Gasteiger charge is -2.07. The number of ether oxygens (including phenoxy) is 1. The summed E-state index contributed by atoms with van der Waals surface area (Å²) in [5, 5.41) is 11.4. The van der Waals surface area contributed by atoms with Crippen molar-refractivity contribution < 1.29 is 9.84 Å². The molecule has 0 aromatic heterocycles. The molecule has 0 spiro atoms. The maximum absolute atomic E-state index is 8.37. The number of halogens is 1. The number of anilines is 1. The van der Waals surface area contributed by atoms with Gasteiger partial charge in [-0.05, 0) is 30.7 Å². The summed E-state index contributed by atoms with van der Waals surface area (Å²) in [4.78, 5) is 0. The van der Waals surface area contributed by atoms with Gasteiger partial charge in [-0.3, -0.25) is 0 Å². The lowest BCUT2D eigenvalue weighted by Crippen LogP contribution is -2.06. The van der Waals surface area contributed by atoms with Crippen molar-refractivity contribution in [2.75, 3.05) is 18.8 Å². The van der Waals surface area contributed by atoms with E-state index >= 15 is 0 Å². The predicted octanol–water partition coefficient (Wildman–Crippen LogP) is 2.09. The van der Waals surface area contributed by atoms with Crippen LogP contribution in [0, 0.1) is 6.92 Å². The molecule has 0 bridgehead atoms. The second kappa shape index (κ2) is 5.21. The molecule has 0 saturated carbocycles. The number of nitrogens with one attached hydrogen (secondary N) is 1. The van der Waals surface area contributed by atoms with Crippen LogP contribution in [0.15, 0.2) is 22.7 Å². The van der Waals surface area contributed by atoms with E-state index < -0.39 is 0 Å².